The Morgan fingerprint density at radius 2 is 1.85 bits per heavy atom. The van der Waals surface area contributed by atoms with E-state index in [0.29, 0.717) is 21.7 Å². The lowest BCUT2D eigenvalue weighted by molar-refractivity contribution is 0.104. The Balaban J connectivity index is 1.71. The number of ether oxygens (including phenoxy) is 1. The van der Waals surface area contributed by atoms with Gasteiger partial charge in [0.1, 0.15) is 0 Å². The minimum atomic E-state index is -0.0386. The van der Waals surface area contributed by atoms with E-state index in [4.69, 9.17) is 4.74 Å². The van der Waals surface area contributed by atoms with Crippen molar-refractivity contribution in [3.8, 4) is 11.5 Å². The van der Waals surface area contributed by atoms with Crippen LogP contribution in [0.25, 0.3) is 6.08 Å². The lowest BCUT2D eigenvalue weighted by atomic mass is 9.84. The zero-order chi connectivity index (χ0) is 18.5. The number of carbonyl (C=O) groups is 1. The monoisotopic (exact) mass is 414 g/mol. The number of rotatable bonds is 5. The first-order valence-corrected chi connectivity index (χ1v) is 9.76. The fourth-order valence-electron chi connectivity index (χ4n) is 3.47. The summed E-state index contributed by atoms with van der Waals surface area (Å²) in [6.07, 6.45) is 9.74. The average Bonchev–Trinajstić information content (AvgIpc) is 2.69. The van der Waals surface area contributed by atoms with Crippen LogP contribution in [0.3, 0.4) is 0 Å². The van der Waals surface area contributed by atoms with Gasteiger partial charge in [-0.25, -0.2) is 0 Å². The van der Waals surface area contributed by atoms with Gasteiger partial charge in [0, 0.05) is 5.56 Å². The molecule has 1 saturated carbocycles. The number of hydrogen-bond acceptors (Lipinski definition) is 3. The number of phenolic OH excluding ortho intramolecular Hbond substituents is 1. The van der Waals surface area contributed by atoms with Crippen LogP contribution in [-0.2, 0) is 0 Å². The molecule has 0 atom stereocenters. The Morgan fingerprint density at radius 3 is 2.50 bits per heavy atom. The van der Waals surface area contributed by atoms with Gasteiger partial charge >= 0.3 is 0 Å². The van der Waals surface area contributed by atoms with Crippen LogP contribution < -0.4 is 4.74 Å². The van der Waals surface area contributed by atoms with Crippen molar-refractivity contribution < 1.29 is 14.6 Å². The molecule has 0 spiro atoms. The summed E-state index contributed by atoms with van der Waals surface area (Å²) in [5, 5.41) is 9.85. The molecule has 1 fully saturated rings. The van der Waals surface area contributed by atoms with Crippen molar-refractivity contribution in [3.63, 3.8) is 0 Å². The lowest BCUT2D eigenvalue weighted by Gasteiger charge is -2.21. The summed E-state index contributed by atoms with van der Waals surface area (Å²) in [6.45, 7) is 0. The fourth-order valence-corrected chi connectivity index (χ4v) is 3.93. The van der Waals surface area contributed by atoms with Gasteiger partial charge in [0.2, 0.25) is 0 Å². The maximum atomic E-state index is 12.4. The molecule has 4 heteroatoms. The van der Waals surface area contributed by atoms with Gasteiger partial charge in [-0.3, -0.25) is 4.79 Å². The van der Waals surface area contributed by atoms with Gasteiger partial charge in [0.25, 0.3) is 0 Å². The summed E-state index contributed by atoms with van der Waals surface area (Å²) in [5.74, 6) is 1.02. The van der Waals surface area contributed by atoms with E-state index < -0.39 is 0 Å². The third-order valence-electron chi connectivity index (χ3n) is 4.97. The molecule has 0 aromatic heterocycles. The summed E-state index contributed by atoms with van der Waals surface area (Å²) < 4.78 is 5.66. The Labute approximate surface area is 162 Å². The van der Waals surface area contributed by atoms with Crippen LogP contribution in [0.15, 0.2) is 46.9 Å². The maximum Gasteiger partial charge on any atom is 0.185 e. The fraction of sp³-hybridized carbons (Fsp3) is 0.318. The van der Waals surface area contributed by atoms with Crippen LogP contribution >= 0.6 is 15.9 Å². The Hall–Kier alpha value is -2.07. The minimum Gasteiger partial charge on any atom is -0.503 e. The van der Waals surface area contributed by atoms with Crippen LogP contribution in [0.4, 0.5) is 0 Å². The molecule has 1 aliphatic carbocycles. The smallest absolute Gasteiger partial charge is 0.185 e. The molecule has 0 saturated heterocycles. The van der Waals surface area contributed by atoms with Crippen LogP contribution in [-0.4, -0.2) is 18.0 Å². The van der Waals surface area contributed by atoms with Crippen molar-refractivity contribution >= 4 is 27.8 Å². The average molecular weight is 415 g/mol. The van der Waals surface area contributed by atoms with Crippen molar-refractivity contribution in [2.45, 2.75) is 38.0 Å². The SMILES string of the molecule is COc1cc(C=CC(=O)c2ccc(C3CCCCC3)cc2)cc(Br)c1O. The maximum absolute atomic E-state index is 12.4. The van der Waals surface area contributed by atoms with E-state index in [1.165, 1.54) is 44.8 Å². The Kier molecular flexibility index (Phi) is 6.15. The van der Waals surface area contributed by atoms with Crippen molar-refractivity contribution in [2.24, 2.45) is 0 Å². The van der Waals surface area contributed by atoms with E-state index in [0.717, 1.165) is 5.56 Å². The van der Waals surface area contributed by atoms with Gasteiger partial charge in [-0.1, -0.05) is 49.6 Å². The predicted molar refractivity (Wildman–Crippen MR) is 108 cm³/mol. The molecule has 0 unspecified atom stereocenters. The number of carbonyl (C=O) groups excluding carboxylic acids is 1. The number of allylic oxidation sites excluding steroid dienone is 1. The minimum absolute atomic E-state index is 0.0386. The second kappa shape index (κ2) is 8.54. The number of hydrogen-bond donors (Lipinski definition) is 1. The Bertz CT molecular complexity index is 803. The quantitative estimate of drug-likeness (QED) is 0.474. The second-order valence-corrected chi connectivity index (χ2v) is 7.56. The molecular weight excluding hydrogens is 392 g/mol. The molecule has 2 aromatic carbocycles. The zero-order valence-electron chi connectivity index (χ0n) is 14.9. The molecular formula is C22H23BrO3. The summed E-state index contributed by atoms with van der Waals surface area (Å²) in [7, 11) is 1.49. The molecule has 0 amide bonds. The van der Waals surface area contributed by atoms with Crippen LogP contribution in [0, 0.1) is 0 Å². The van der Waals surface area contributed by atoms with Crippen molar-refractivity contribution in [3.05, 3.63) is 63.6 Å². The first-order valence-electron chi connectivity index (χ1n) is 8.97. The second-order valence-electron chi connectivity index (χ2n) is 6.71. The zero-order valence-corrected chi connectivity index (χ0v) is 16.5. The molecule has 3 nitrogen and oxygen atoms in total. The first kappa shape index (κ1) is 18.7. The molecule has 2 aromatic rings. The molecule has 3 rings (SSSR count). The van der Waals surface area contributed by atoms with Crippen LogP contribution in [0.5, 0.6) is 11.5 Å². The molecule has 26 heavy (non-hydrogen) atoms. The normalized spacial score (nSPS) is 15.3. The van der Waals surface area contributed by atoms with Crippen molar-refractivity contribution in [1.82, 2.24) is 0 Å². The van der Waals surface area contributed by atoms with Gasteiger partial charge in [0.05, 0.1) is 11.6 Å². The summed E-state index contributed by atoms with van der Waals surface area (Å²) in [4.78, 5) is 12.4. The number of phenols is 1. The van der Waals surface area contributed by atoms with Gasteiger partial charge in [-0.15, -0.1) is 0 Å². The van der Waals surface area contributed by atoms with Gasteiger partial charge in [0.15, 0.2) is 17.3 Å². The van der Waals surface area contributed by atoms with Crippen LogP contribution in [0.1, 0.15) is 59.5 Å². The van der Waals surface area contributed by atoms with Crippen molar-refractivity contribution in [2.75, 3.05) is 7.11 Å². The molecule has 0 radical (unpaired) electrons. The van der Waals surface area contributed by atoms with E-state index in [2.05, 4.69) is 28.1 Å². The van der Waals surface area contributed by atoms with E-state index in [9.17, 15) is 9.90 Å². The van der Waals surface area contributed by atoms with Gasteiger partial charge < -0.3 is 9.84 Å². The lowest BCUT2D eigenvalue weighted by Crippen LogP contribution is -2.05. The van der Waals surface area contributed by atoms with Crippen molar-refractivity contribution in [1.29, 1.82) is 0 Å². The first-order chi connectivity index (χ1) is 12.6. The molecule has 136 valence electrons. The molecule has 0 bridgehead atoms. The highest BCUT2D eigenvalue weighted by Crippen LogP contribution is 2.35. The molecule has 0 heterocycles. The van der Waals surface area contributed by atoms with Gasteiger partial charge in [-0.2, -0.15) is 0 Å². The topological polar surface area (TPSA) is 46.5 Å². The molecule has 1 aliphatic rings. The summed E-state index contributed by atoms with van der Waals surface area (Å²) >= 11 is 3.29. The van der Waals surface area contributed by atoms with Gasteiger partial charge in [-0.05, 0) is 64.0 Å². The standard InChI is InChI=1S/C22H23BrO3/c1-26-21-14-15(13-19(23)22(21)25)7-12-20(24)18-10-8-17(9-11-18)16-5-3-2-4-6-16/h7-14,16,25H,2-6H2,1H3. The molecule has 0 aliphatic heterocycles. The highest BCUT2D eigenvalue weighted by molar-refractivity contribution is 9.10. The third-order valence-corrected chi connectivity index (χ3v) is 5.57. The number of ketones is 1. The van der Waals surface area contributed by atoms with Crippen LogP contribution in [0.2, 0.25) is 0 Å². The summed E-state index contributed by atoms with van der Waals surface area (Å²) in [6, 6.07) is 11.5. The number of methoxy groups -OCH3 is 1. The number of halogens is 1. The number of benzene rings is 2. The van der Waals surface area contributed by atoms with E-state index >= 15 is 0 Å². The van der Waals surface area contributed by atoms with E-state index in [-0.39, 0.29) is 11.5 Å². The Morgan fingerprint density at radius 1 is 1.15 bits per heavy atom. The number of aromatic hydroxyl groups is 1. The highest BCUT2D eigenvalue weighted by atomic mass is 79.9. The third kappa shape index (κ3) is 4.36. The largest absolute Gasteiger partial charge is 0.503 e. The molecule has 1 N–H and O–H groups in total. The van der Waals surface area contributed by atoms with E-state index in [1.54, 1.807) is 24.3 Å². The highest BCUT2D eigenvalue weighted by Gasteiger charge is 2.15. The van der Waals surface area contributed by atoms with E-state index in [1.807, 2.05) is 12.1 Å². The summed E-state index contributed by atoms with van der Waals surface area (Å²) in [5.41, 5.74) is 2.81. The predicted octanol–water partition coefficient (Wildman–Crippen LogP) is 6.11.